The van der Waals surface area contributed by atoms with Crippen molar-refractivity contribution in [1.29, 1.82) is 5.26 Å². The van der Waals surface area contributed by atoms with Crippen LogP contribution in [0, 0.1) is 11.3 Å². The molecular weight excluding hydrogens is 276 g/mol. The van der Waals surface area contributed by atoms with Gasteiger partial charge in [-0.1, -0.05) is 0 Å². The topological polar surface area (TPSA) is 114 Å². The summed E-state index contributed by atoms with van der Waals surface area (Å²) in [6, 6.07) is 0.695. The molecular formula is C13H18N4O4. The predicted octanol–water partition coefficient (Wildman–Crippen LogP) is -0.853. The van der Waals surface area contributed by atoms with Crippen molar-refractivity contribution in [2.75, 3.05) is 26.2 Å². The van der Waals surface area contributed by atoms with Gasteiger partial charge in [-0.05, 0) is 6.92 Å². The Labute approximate surface area is 122 Å². The van der Waals surface area contributed by atoms with E-state index in [4.69, 9.17) is 10.4 Å². The number of hydrogen-bond donors (Lipinski definition) is 2. The summed E-state index contributed by atoms with van der Waals surface area (Å²) < 4.78 is 0. The lowest BCUT2D eigenvalue weighted by molar-refractivity contribution is -0.140. The molecule has 1 fully saturated rings. The zero-order valence-electron chi connectivity index (χ0n) is 12.0. The average Bonchev–Trinajstić information content (AvgIpc) is 2.44. The van der Waals surface area contributed by atoms with E-state index < -0.39 is 17.9 Å². The fourth-order valence-electron chi connectivity index (χ4n) is 1.82. The van der Waals surface area contributed by atoms with E-state index in [2.05, 4.69) is 5.32 Å². The lowest BCUT2D eigenvalue weighted by Crippen LogP contribution is -2.46. The summed E-state index contributed by atoms with van der Waals surface area (Å²) in [5, 5.41) is 20.0. The molecule has 1 unspecified atom stereocenters. The van der Waals surface area contributed by atoms with Gasteiger partial charge in [-0.25, -0.2) is 0 Å². The monoisotopic (exact) mass is 294 g/mol. The van der Waals surface area contributed by atoms with Crippen molar-refractivity contribution in [3.05, 3.63) is 11.8 Å². The van der Waals surface area contributed by atoms with Crippen molar-refractivity contribution in [2.24, 2.45) is 0 Å². The molecule has 0 spiro atoms. The Kier molecular flexibility index (Phi) is 5.72. The van der Waals surface area contributed by atoms with E-state index in [9.17, 15) is 14.4 Å². The standard InChI is InChI=1S/C13H18N4O4/c1-9(13(20)21)15-12(19)11(7-14)8-16-3-5-17(6-4-16)10(2)18/h8-9H,3-6H2,1-2H3,(H,15,19)(H,20,21)/b11-8-. The molecule has 0 aromatic carbocycles. The van der Waals surface area contributed by atoms with Crippen LogP contribution in [0.1, 0.15) is 13.8 Å². The molecule has 0 radical (unpaired) electrons. The molecule has 0 aromatic heterocycles. The highest BCUT2D eigenvalue weighted by Crippen LogP contribution is 2.05. The molecule has 1 rings (SSSR count). The third-order valence-corrected chi connectivity index (χ3v) is 3.15. The van der Waals surface area contributed by atoms with Crippen LogP contribution < -0.4 is 5.32 Å². The van der Waals surface area contributed by atoms with Crippen LogP contribution in [0.5, 0.6) is 0 Å². The lowest BCUT2D eigenvalue weighted by Gasteiger charge is -2.33. The van der Waals surface area contributed by atoms with Gasteiger partial charge >= 0.3 is 5.97 Å². The van der Waals surface area contributed by atoms with Crippen LogP contribution in [0.15, 0.2) is 11.8 Å². The van der Waals surface area contributed by atoms with Crippen LogP contribution in [-0.2, 0) is 14.4 Å². The Morgan fingerprint density at radius 1 is 1.29 bits per heavy atom. The van der Waals surface area contributed by atoms with E-state index in [0.29, 0.717) is 26.2 Å². The first-order valence-electron chi connectivity index (χ1n) is 6.50. The lowest BCUT2D eigenvalue weighted by atomic mass is 10.2. The molecule has 8 nitrogen and oxygen atoms in total. The first kappa shape index (κ1) is 16.5. The van der Waals surface area contributed by atoms with Crippen LogP contribution in [0.4, 0.5) is 0 Å². The number of carboxylic acid groups (broad SMARTS) is 1. The van der Waals surface area contributed by atoms with E-state index in [1.807, 2.05) is 0 Å². The third kappa shape index (κ3) is 4.80. The van der Waals surface area contributed by atoms with Crippen molar-refractivity contribution in [3.63, 3.8) is 0 Å². The highest BCUT2D eigenvalue weighted by Gasteiger charge is 2.20. The molecule has 1 heterocycles. The molecule has 8 heteroatoms. The van der Waals surface area contributed by atoms with E-state index in [0.717, 1.165) is 0 Å². The molecule has 1 aliphatic heterocycles. The van der Waals surface area contributed by atoms with Gasteiger partial charge < -0.3 is 20.2 Å². The number of nitrogens with one attached hydrogen (secondary N) is 1. The normalized spacial score (nSPS) is 16.9. The van der Waals surface area contributed by atoms with Crippen LogP contribution in [0.25, 0.3) is 0 Å². The highest BCUT2D eigenvalue weighted by atomic mass is 16.4. The largest absolute Gasteiger partial charge is 0.480 e. The van der Waals surface area contributed by atoms with Crippen molar-refractivity contribution in [3.8, 4) is 6.07 Å². The fraction of sp³-hybridized carbons (Fsp3) is 0.538. The third-order valence-electron chi connectivity index (χ3n) is 3.15. The summed E-state index contributed by atoms with van der Waals surface area (Å²) in [6.07, 6.45) is 1.40. The maximum Gasteiger partial charge on any atom is 0.325 e. The minimum absolute atomic E-state index is 0.00726. The van der Waals surface area contributed by atoms with Crippen LogP contribution >= 0.6 is 0 Å². The first-order valence-corrected chi connectivity index (χ1v) is 6.50. The van der Waals surface area contributed by atoms with Crippen LogP contribution in [0.3, 0.4) is 0 Å². The molecule has 0 aromatic rings. The van der Waals surface area contributed by atoms with Crippen molar-refractivity contribution in [2.45, 2.75) is 19.9 Å². The number of carbonyl (C=O) groups excluding carboxylic acids is 2. The van der Waals surface area contributed by atoms with Gasteiger partial charge in [0.25, 0.3) is 5.91 Å². The Bertz CT molecular complexity index is 501. The summed E-state index contributed by atoms with van der Waals surface area (Å²) in [5.74, 6) is -1.90. The molecule has 114 valence electrons. The van der Waals surface area contributed by atoms with Gasteiger partial charge in [-0.2, -0.15) is 5.26 Å². The minimum Gasteiger partial charge on any atom is -0.480 e. The summed E-state index contributed by atoms with van der Waals surface area (Å²) in [7, 11) is 0. The number of carboxylic acids is 1. The summed E-state index contributed by atoms with van der Waals surface area (Å²) in [4.78, 5) is 37.1. The number of hydrogen-bond acceptors (Lipinski definition) is 5. The zero-order chi connectivity index (χ0) is 16.0. The minimum atomic E-state index is -1.17. The average molecular weight is 294 g/mol. The molecule has 0 aliphatic carbocycles. The Hall–Kier alpha value is -2.56. The number of aliphatic carboxylic acids is 1. The van der Waals surface area contributed by atoms with Gasteiger partial charge in [-0.15, -0.1) is 0 Å². The predicted molar refractivity (Wildman–Crippen MR) is 72.8 cm³/mol. The number of nitriles is 1. The second-order valence-corrected chi connectivity index (χ2v) is 4.73. The molecule has 1 aliphatic rings. The summed E-state index contributed by atoms with van der Waals surface area (Å²) >= 11 is 0. The molecule has 1 atom stereocenters. The van der Waals surface area contributed by atoms with Gasteiger partial charge in [0, 0.05) is 39.3 Å². The number of amides is 2. The highest BCUT2D eigenvalue weighted by molar-refractivity contribution is 5.99. The van der Waals surface area contributed by atoms with Gasteiger partial charge in [0.15, 0.2) is 0 Å². The van der Waals surface area contributed by atoms with E-state index >= 15 is 0 Å². The molecule has 21 heavy (non-hydrogen) atoms. The zero-order valence-corrected chi connectivity index (χ0v) is 12.0. The molecule has 0 saturated carbocycles. The molecule has 2 amide bonds. The van der Waals surface area contributed by atoms with Gasteiger partial charge in [0.2, 0.25) is 5.91 Å². The van der Waals surface area contributed by atoms with Crippen LogP contribution in [-0.4, -0.2) is 64.9 Å². The van der Waals surface area contributed by atoms with Crippen molar-refractivity contribution < 1.29 is 19.5 Å². The fourth-order valence-corrected chi connectivity index (χ4v) is 1.82. The van der Waals surface area contributed by atoms with Crippen LogP contribution in [0.2, 0.25) is 0 Å². The number of nitrogens with zero attached hydrogens (tertiary/aromatic N) is 3. The maximum atomic E-state index is 11.8. The van der Waals surface area contributed by atoms with Gasteiger partial charge in [0.05, 0.1) is 0 Å². The first-order chi connectivity index (χ1) is 9.85. The van der Waals surface area contributed by atoms with Crippen molar-refractivity contribution >= 4 is 17.8 Å². The number of rotatable bonds is 4. The SMILES string of the molecule is CC(=O)N1CCN(/C=C(/C#N)C(=O)NC(C)C(=O)O)CC1. The number of piperazine rings is 1. The van der Waals surface area contributed by atoms with Gasteiger partial charge in [0.1, 0.15) is 17.7 Å². The second-order valence-electron chi connectivity index (χ2n) is 4.73. The quantitative estimate of drug-likeness (QED) is 0.515. The Morgan fingerprint density at radius 3 is 2.29 bits per heavy atom. The van der Waals surface area contributed by atoms with E-state index in [1.54, 1.807) is 15.9 Å². The van der Waals surface area contributed by atoms with E-state index in [-0.39, 0.29) is 11.5 Å². The maximum absolute atomic E-state index is 11.8. The summed E-state index contributed by atoms with van der Waals surface area (Å²) in [6.45, 7) is 4.90. The molecule has 2 N–H and O–H groups in total. The molecule has 1 saturated heterocycles. The molecule has 0 bridgehead atoms. The summed E-state index contributed by atoms with van der Waals surface area (Å²) in [5.41, 5.74) is -0.153. The Balaban J connectivity index is 2.64. The number of carbonyl (C=O) groups is 3. The van der Waals surface area contributed by atoms with Crippen molar-refractivity contribution in [1.82, 2.24) is 15.1 Å². The smallest absolute Gasteiger partial charge is 0.325 e. The second kappa shape index (κ2) is 7.28. The van der Waals surface area contributed by atoms with Gasteiger partial charge in [-0.3, -0.25) is 14.4 Å². The Morgan fingerprint density at radius 2 is 1.86 bits per heavy atom. The van der Waals surface area contributed by atoms with E-state index in [1.165, 1.54) is 20.0 Å².